The molecule has 130 valence electrons. The van der Waals surface area contributed by atoms with Crippen molar-refractivity contribution in [3.05, 3.63) is 0 Å². The molecule has 0 aromatic carbocycles. The van der Waals surface area contributed by atoms with E-state index in [1.807, 2.05) is 0 Å². The first-order valence-corrected chi connectivity index (χ1v) is 6.42. The predicted molar refractivity (Wildman–Crippen MR) is 70.9 cm³/mol. The van der Waals surface area contributed by atoms with Gasteiger partial charge in [-0.25, -0.2) is 4.79 Å². The van der Waals surface area contributed by atoms with Crippen LogP contribution in [0.5, 0.6) is 0 Å². The smallest absolute Gasteiger partial charge is 0.349 e. The van der Waals surface area contributed by atoms with Crippen molar-refractivity contribution in [2.24, 2.45) is 0 Å². The van der Waals surface area contributed by atoms with Gasteiger partial charge < -0.3 is 24.1 Å². The zero-order valence-corrected chi connectivity index (χ0v) is 13.1. The SMILES string of the molecule is CC(=O)OC[C@H](OC(C)=O)[C@H](OC(C)=O)[C@H](OC(C)=O)C(=O)O. The number of hydrogen-bond donors (Lipinski definition) is 1. The summed E-state index contributed by atoms with van der Waals surface area (Å²) in [5, 5.41) is 9.15. The first kappa shape index (κ1) is 20.3. The second kappa shape index (κ2) is 9.38. The van der Waals surface area contributed by atoms with Crippen molar-refractivity contribution in [3.63, 3.8) is 0 Å². The van der Waals surface area contributed by atoms with Crippen LogP contribution in [-0.4, -0.2) is 59.9 Å². The molecule has 10 heteroatoms. The van der Waals surface area contributed by atoms with Crippen molar-refractivity contribution >= 4 is 29.8 Å². The number of ether oxygens (including phenoxy) is 4. The van der Waals surface area contributed by atoms with E-state index in [-0.39, 0.29) is 0 Å². The quantitative estimate of drug-likeness (QED) is 0.452. The molecule has 0 unspecified atom stereocenters. The molecule has 1 N–H and O–H groups in total. The van der Waals surface area contributed by atoms with Gasteiger partial charge >= 0.3 is 29.8 Å². The van der Waals surface area contributed by atoms with E-state index in [4.69, 9.17) is 14.6 Å². The number of rotatable bonds is 8. The Morgan fingerprint density at radius 3 is 1.61 bits per heavy atom. The van der Waals surface area contributed by atoms with E-state index in [2.05, 4.69) is 9.47 Å². The molecule has 0 radical (unpaired) electrons. The van der Waals surface area contributed by atoms with Gasteiger partial charge in [0.05, 0.1) is 0 Å². The molecule has 0 aliphatic rings. The summed E-state index contributed by atoms with van der Waals surface area (Å²) < 4.78 is 18.9. The number of hydrogen-bond acceptors (Lipinski definition) is 9. The second-order valence-electron chi connectivity index (χ2n) is 4.39. The van der Waals surface area contributed by atoms with Crippen LogP contribution in [0, 0.1) is 0 Å². The lowest BCUT2D eigenvalue weighted by Crippen LogP contribution is -2.50. The number of carbonyl (C=O) groups excluding carboxylic acids is 4. The standard InChI is InChI=1S/C13H18O10/c1-6(14)20-5-10(21-7(2)15)11(22-8(3)16)12(13(18)19)23-9(4)17/h10-12H,5H2,1-4H3,(H,18,19)/t10-,11-,12-/m0/s1. The van der Waals surface area contributed by atoms with Gasteiger partial charge in [-0.05, 0) is 0 Å². The fourth-order valence-corrected chi connectivity index (χ4v) is 1.57. The lowest BCUT2D eigenvalue weighted by Gasteiger charge is -2.29. The van der Waals surface area contributed by atoms with Crippen molar-refractivity contribution in [2.45, 2.75) is 46.0 Å². The molecular formula is C13H18O10. The highest BCUT2D eigenvalue weighted by Crippen LogP contribution is 2.15. The van der Waals surface area contributed by atoms with E-state index < -0.39 is 54.8 Å². The Morgan fingerprint density at radius 1 is 0.783 bits per heavy atom. The first-order valence-electron chi connectivity index (χ1n) is 6.42. The van der Waals surface area contributed by atoms with Crippen LogP contribution in [0.3, 0.4) is 0 Å². The summed E-state index contributed by atoms with van der Waals surface area (Å²) in [6.45, 7) is 3.45. The van der Waals surface area contributed by atoms with Crippen LogP contribution in [-0.2, 0) is 42.9 Å². The summed E-state index contributed by atoms with van der Waals surface area (Å²) in [4.78, 5) is 55.5. The summed E-state index contributed by atoms with van der Waals surface area (Å²) in [5.74, 6) is -5.07. The lowest BCUT2D eigenvalue weighted by molar-refractivity contribution is -0.195. The topological polar surface area (TPSA) is 142 Å². The third-order valence-corrected chi connectivity index (χ3v) is 2.27. The third-order valence-electron chi connectivity index (χ3n) is 2.27. The van der Waals surface area contributed by atoms with Gasteiger partial charge in [-0.2, -0.15) is 0 Å². The Bertz CT molecular complexity index is 483. The van der Waals surface area contributed by atoms with Crippen molar-refractivity contribution in [1.29, 1.82) is 0 Å². The van der Waals surface area contributed by atoms with E-state index in [1.165, 1.54) is 0 Å². The average Bonchev–Trinajstić information content (AvgIpc) is 2.37. The van der Waals surface area contributed by atoms with Gasteiger partial charge in [-0.1, -0.05) is 0 Å². The molecule has 10 nitrogen and oxygen atoms in total. The largest absolute Gasteiger partial charge is 0.478 e. The molecule has 0 aromatic heterocycles. The Labute approximate surface area is 131 Å². The van der Waals surface area contributed by atoms with Crippen LogP contribution >= 0.6 is 0 Å². The van der Waals surface area contributed by atoms with Crippen LogP contribution in [0.1, 0.15) is 27.7 Å². The van der Waals surface area contributed by atoms with Crippen LogP contribution in [0.25, 0.3) is 0 Å². The fourth-order valence-electron chi connectivity index (χ4n) is 1.57. The van der Waals surface area contributed by atoms with E-state index in [1.54, 1.807) is 0 Å². The number of esters is 4. The molecule has 0 saturated carbocycles. The molecular weight excluding hydrogens is 316 g/mol. The molecule has 23 heavy (non-hydrogen) atoms. The molecule has 0 aliphatic heterocycles. The summed E-state index contributed by atoms with van der Waals surface area (Å²) in [6.07, 6.45) is -5.12. The van der Waals surface area contributed by atoms with E-state index in [0.717, 1.165) is 27.7 Å². The van der Waals surface area contributed by atoms with Gasteiger partial charge in [-0.3, -0.25) is 19.2 Å². The lowest BCUT2D eigenvalue weighted by atomic mass is 10.1. The minimum Gasteiger partial charge on any atom is -0.478 e. The normalized spacial score (nSPS) is 13.9. The maximum atomic E-state index is 11.3. The highest BCUT2D eigenvalue weighted by molar-refractivity contribution is 5.78. The molecule has 0 fully saturated rings. The molecule has 0 amide bonds. The monoisotopic (exact) mass is 334 g/mol. The van der Waals surface area contributed by atoms with Crippen LogP contribution in [0.15, 0.2) is 0 Å². The molecule has 0 rings (SSSR count). The number of aliphatic carboxylic acids is 1. The van der Waals surface area contributed by atoms with Gasteiger partial charge in [0.25, 0.3) is 0 Å². The molecule has 0 spiro atoms. The summed E-state index contributed by atoms with van der Waals surface area (Å²) in [6, 6.07) is 0. The summed E-state index contributed by atoms with van der Waals surface area (Å²) >= 11 is 0. The Morgan fingerprint density at radius 2 is 1.26 bits per heavy atom. The zero-order valence-electron chi connectivity index (χ0n) is 13.1. The van der Waals surface area contributed by atoms with Crippen molar-refractivity contribution < 1.29 is 48.0 Å². The number of carboxylic acid groups (broad SMARTS) is 1. The van der Waals surface area contributed by atoms with Gasteiger partial charge in [0.2, 0.25) is 6.10 Å². The van der Waals surface area contributed by atoms with Gasteiger partial charge in [-0.15, -0.1) is 0 Å². The molecule has 3 atom stereocenters. The number of carboxylic acids is 1. The Balaban J connectivity index is 5.55. The van der Waals surface area contributed by atoms with E-state index in [0.29, 0.717) is 0 Å². The maximum Gasteiger partial charge on any atom is 0.349 e. The maximum absolute atomic E-state index is 11.3. The van der Waals surface area contributed by atoms with Crippen LogP contribution in [0.2, 0.25) is 0 Å². The van der Waals surface area contributed by atoms with Crippen molar-refractivity contribution in [3.8, 4) is 0 Å². The summed E-state index contributed by atoms with van der Waals surface area (Å²) in [7, 11) is 0. The summed E-state index contributed by atoms with van der Waals surface area (Å²) in [5.41, 5.74) is 0. The highest BCUT2D eigenvalue weighted by Gasteiger charge is 2.42. The van der Waals surface area contributed by atoms with Crippen molar-refractivity contribution in [1.82, 2.24) is 0 Å². The highest BCUT2D eigenvalue weighted by atomic mass is 16.6. The van der Waals surface area contributed by atoms with Crippen LogP contribution < -0.4 is 0 Å². The van der Waals surface area contributed by atoms with Gasteiger partial charge in [0.15, 0.2) is 12.2 Å². The van der Waals surface area contributed by atoms with Crippen LogP contribution in [0.4, 0.5) is 0 Å². The minimum absolute atomic E-state index is 0.585. The second-order valence-corrected chi connectivity index (χ2v) is 4.39. The predicted octanol–water partition coefficient (Wildman–Crippen LogP) is -0.571. The molecule has 0 aromatic rings. The minimum atomic E-state index is -1.95. The third kappa shape index (κ3) is 8.39. The first-order chi connectivity index (χ1) is 10.5. The molecule has 0 heterocycles. The molecule has 0 bridgehead atoms. The van der Waals surface area contributed by atoms with E-state index >= 15 is 0 Å². The number of carbonyl (C=O) groups is 5. The molecule has 0 aliphatic carbocycles. The average molecular weight is 334 g/mol. The molecule has 0 saturated heterocycles. The fraction of sp³-hybridized carbons (Fsp3) is 0.615. The Kier molecular flexibility index (Phi) is 8.30. The Hall–Kier alpha value is -2.65. The van der Waals surface area contributed by atoms with Gasteiger partial charge in [0.1, 0.15) is 6.61 Å². The van der Waals surface area contributed by atoms with E-state index in [9.17, 15) is 24.0 Å². The zero-order chi connectivity index (χ0) is 18.2. The van der Waals surface area contributed by atoms with Gasteiger partial charge in [0, 0.05) is 27.7 Å². The van der Waals surface area contributed by atoms with Crippen molar-refractivity contribution in [2.75, 3.05) is 6.61 Å².